The number of methoxy groups -OCH3 is 1. The average molecular weight is 358 g/mol. The Morgan fingerprint density at radius 2 is 1.81 bits per heavy atom. The second-order valence-electron chi connectivity index (χ2n) is 6.58. The number of halogens is 1. The molecule has 1 aliphatic heterocycles. The molecule has 0 spiro atoms. The number of ether oxygens (including phenoxy) is 2. The zero-order valence-electron chi connectivity index (χ0n) is 15.2. The number of benzene rings is 2. The smallest absolute Gasteiger partial charge is 0.244 e. The van der Waals surface area contributed by atoms with Crippen LogP contribution in [0.3, 0.4) is 0 Å². The summed E-state index contributed by atoms with van der Waals surface area (Å²) in [5.74, 6) is 1.14. The van der Waals surface area contributed by atoms with E-state index in [1.165, 1.54) is 12.1 Å². The summed E-state index contributed by atoms with van der Waals surface area (Å²) in [5.41, 5.74) is 0.776. The summed E-state index contributed by atoms with van der Waals surface area (Å²) in [6.07, 6.45) is -0.0397. The first-order chi connectivity index (χ1) is 12.5. The molecule has 0 radical (unpaired) electrons. The molecule has 0 N–H and O–H groups in total. The van der Waals surface area contributed by atoms with E-state index in [1.54, 1.807) is 24.1 Å². The van der Waals surface area contributed by atoms with E-state index in [4.69, 9.17) is 9.47 Å². The van der Waals surface area contributed by atoms with Gasteiger partial charge in [0.25, 0.3) is 0 Å². The number of carbonyl (C=O) groups is 1. The number of amides is 1. The van der Waals surface area contributed by atoms with Gasteiger partial charge in [0, 0.05) is 6.07 Å². The fourth-order valence-corrected chi connectivity index (χ4v) is 3.04. The van der Waals surface area contributed by atoms with Crippen LogP contribution in [-0.4, -0.2) is 56.1 Å². The molecule has 2 aromatic rings. The van der Waals surface area contributed by atoms with Crippen LogP contribution in [0.4, 0.5) is 4.39 Å². The van der Waals surface area contributed by atoms with Crippen molar-refractivity contribution in [2.45, 2.75) is 12.1 Å². The summed E-state index contributed by atoms with van der Waals surface area (Å²) < 4.78 is 24.2. The Labute approximate surface area is 152 Å². The number of hydrogen-bond acceptors (Lipinski definition) is 4. The van der Waals surface area contributed by atoms with Gasteiger partial charge in [-0.15, -0.1) is 0 Å². The maximum atomic E-state index is 13.2. The molecular weight excluding hydrogens is 335 g/mol. The lowest BCUT2D eigenvalue weighted by Crippen LogP contribution is -2.58. The molecule has 138 valence electrons. The van der Waals surface area contributed by atoms with Crippen molar-refractivity contribution in [2.24, 2.45) is 0 Å². The standard InChI is InChI=1S/C20H23FN2O3/c1-22(2)19(14-7-9-15(21)10-8-14)20(24)23-12-18(13-23)26-17-6-4-5-16(11-17)25-3/h4-11,18-19H,12-13H2,1-3H3. The van der Waals surface area contributed by atoms with E-state index >= 15 is 0 Å². The Balaban J connectivity index is 1.61. The molecule has 1 unspecified atom stereocenters. The van der Waals surface area contributed by atoms with Crippen molar-refractivity contribution >= 4 is 5.91 Å². The van der Waals surface area contributed by atoms with Gasteiger partial charge in [-0.3, -0.25) is 9.69 Å². The Morgan fingerprint density at radius 1 is 1.15 bits per heavy atom. The van der Waals surface area contributed by atoms with Gasteiger partial charge in [0.05, 0.1) is 20.2 Å². The molecule has 1 atom stereocenters. The van der Waals surface area contributed by atoms with Gasteiger partial charge < -0.3 is 14.4 Å². The van der Waals surface area contributed by atoms with Crippen molar-refractivity contribution in [2.75, 3.05) is 34.3 Å². The molecular formula is C20H23FN2O3. The van der Waals surface area contributed by atoms with Crippen LogP contribution in [0.15, 0.2) is 48.5 Å². The molecule has 1 aliphatic rings. The molecule has 1 amide bonds. The maximum absolute atomic E-state index is 13.2. The molecule has 2 aromatic carbocycles. The number of rotatable bonds is 6. The lowest BCUT2D eigenvalue weighted by Gasteiger charge is -2.41. The number of likely N-dealkylation sites (tertiary alicyclic amines) is 1. The highest BCUT2D eigenvalue weighted by Gasteiger charge is 2.37. The van der Waals surface area contributed by atoms with E-state index in [9.17, 15) is 9.18 Å². The first-order valence-corrected chi connectivity index (χ1v) is 8.49. The van der Waals surface area contributed by atoms with E-state index in [0.717, 1.165) is 17.1 Å². The summed E-state index contributed by atoms with van der Waals surface area (Å²) in [7, 11) is 5.30. The van der Waals surface area contributed by atoms with Crippen molar-refractivity contribution in [3.05, 3.63) is 59.9 Å². The Hall–Kier alpha value is -2.60. The second kappa shape index (κ2) is 7.74. The molecule has 6 heteroatoms. The normalized spacial score (nSPS) is 15.5. The van der Waals surface area contributed by atoms with Gasteiger partial charge in [-0.25, -0.2) is 4.39 Å². The van der Waals surface area contributed by atoms with Gasteiger partial charge in [0.15, 0.2) is 0 Å². The van der Waals surface area contributed by atoms with Crippen molar-refractivity contribution in [1.82, 2.24) is 9.80 Å². The van der Waals surface area contributed by atoms with Crippen LogP contribution < -0.4 is 9.47 Å². The molecule has 5 nitrogen and oxygen atoms in total. The number of hydrogen-bond donors (Lipinski definition) is 0. The third kappa shape index (κ3) is 3.96. The fourth-order valence-electron chi connectivity index (χ4n) is 3.04. The molecule has 0 aliphatic carbocycles. The average Bonchev–Trinajstić information content (AvgIpc) is 2.59. The van der Waals surface area contributed by atoms with Gasteiger partial charge >= 0.3 is 0 Å². The van der Waals surface area contributed by atoms with Gasteiger partial charge in [0.1, 0.15) is 29.5 Å². The monoisotopic (exact) mass is 358 g/mol. The van der Waals surface area contributed by atoms with Crippen LogP contribution in [0.1, 0.15) is 11.6 Å². The minimum absolute atomic E-state index is 0.00731. The zero-order valence-corrected chi connectivity index (χ0v) is 15.2. The van der Waals surface area contributed by atoms with Gasteiger partial charge in [0.2, 0.25) is 5.91 Å². The molecule has 3 rings (SSSR count). The van der Waals surface area contributed by atoms with E-state index in [0.29, 0.717) is 13.1 Å². The Bertz CT molecular complexity index is 758. The first kappa shape index (κ1) is 18.2. The van der Waals surface area contributed by atoms with E-state index in [1.807, 2.05) is 43.3 Å². The highest BCUT2D eigenvalue weighted by atomic mass is 19.1. The maximum Gasteiger partial charge on any atom is 0.244 e. The van der Waals surface area contributed by atoms with Crippen LogP contribution >= 0.6 is 0 Å². The summed E-state index contributed by atoms with van der Waals surface area (Å²) in [6.45, 7) is 1.06. The van der Waals surface area contributed by atoms with Crippen LogP contribution in [0.5, 0.6) is 11.5 Å². The molecule has 1 saturated heterocycles. The highest BCUT2D eigenvalue weighted by Crippen LogP contribution is 2.27. The summed E-state index contributed by atoms with van der Waals surface area (Å²) in [5, 5.41) is 0. The molecule has 26 heavy (non-hydrogen) atoms. The fraction of sp³-hybridized carbons (Fsp3) is 0.350. The third-order valence-corrected chi connectivity index (χ3v) is 4.44. The predicted octanol–water partition coefficient (Wildman–Crippen LogP) is 2.73. The topological polar surface area (TPSA) is 42.0 Å². The number of carbonyl (C=O) groups excluding carboxylic acids is 1. The van der Waals surface area contributed by atoms with Crippen LogP contribution in [0, 0.1) is 5.82 Å². The number of likely N-dealkylation sites (N-methyl/N-ethyl adjacent to an activating group) is 1. The molecule has 1 fully saturated rings. The minimum atomic E-state index is -0.437. The lowest BCUT2D eigenvalue weighted by atomic mass is 10.0. The highest BCUT2D eigenvalue weighted by molar-refractivity contribution is 5.84. The molecule has 0 saturated carbocycles. The quantitative estimate of drug-likeness (QED) is 0.796. The predicted molar refractivity (Wildman–Crippen MR) is 96.8 cm³/mol. The van der Waals surface area contributed by atoms with Crippen LogP contribution in [0.2, 0.25) is 0 Å². The summed E-state index contributed by atoms with van der Waals surface area (Å²) in [4.78, 5) is 16.5. The summed E-state index contributed by atoms with van der Waals surface area (Å²) in [6, 6.07) is 13.0. The Kier molecular flexibility index (Phi) is 5.42. The van der Waals surface area contributed by atoms with E-state index in [-0.39, 0.29) is 17.8 Å². The van der Waals surface area contributed by atoms with Crippen LogP contribution in [0.25, 0.3) is 0 Å². The Morgan fingerprint density at radius 3 is 2.42 bits per heavy atom. The van der Waals surface area contributed by atoms with Crippen molar-refractivity contribution in [3.63, 3.8) is 0 Å². The molecule has 1 heterocycles. The number of nitrogens with zero attached hydrogens (tertiary/aromatic N) is 2. The lowest BCUT2D eigenvalue weighted by molar-refractivity contribution is -0.145. The zero-order chi connectivity index (χ0) is 18.7. The van der Waals surface area contributed by atoms with Crippen LogP contribution in [-0.2, 0) is 4.79 Å². The third-order valence-electron chi connectivity index (χ3n) is 4.44. The SMILES string of the molecule is COc1cccc(OC2CN(C(=O)C(c3ccc(F)cc3)N(C)C)C2)c1. The van der Waals surface area contributed by atoms with Crippen molar-refractivity contribution in [3.8, 4) is 11.5 Å². The first-order valence-electron chi connectivity index (χ1n) is 8.49. The molecule has 0 bridgehead atoms. The van der Waals surface area contributed by atoms with Gasteiger partial charge in [-0.1, -0.05) is 18.2 Å². The van der Waals surface area contributed by atoms with Gasteiger partial charge in [-0.05, 0) is 43.9 Å². The van der Waals surface area contributed by atoms with E-state index in [2.05, 4.69) is 0 Å². The van der Waals surface area contributed by atoms with Gasteiger partial charge in [-0.2, -0.15) is 0 Å². The second-order valence-corrected chi connectivity index (χ2v) is 6.58. The minimum Gasteiger partial charge on any atom is -0.497 e. The summed E-state index contributed by atoms with van der Waals surface area (Å²) >= 11 is 0. The van der Waals surface area contributed by atoms with Crippen molar-refractivity contribution < 1.29 is 18.7 Å². The molecule has 0 aromatic heterocycles. The van der Waals surface area contributed by atoms with Crippen molar-refractivity contribution in [1.29, 1.82) is 0 Å². The van der Waals surface area contributed by atoms with E-state index < -0.39 is 6.04 Å². The largest absolute Gasteiger partial charge is 0.497 e.